The van der Waals surface area contributed by atoms with Gasteiger partial charge in [-0.15, -0.1) is 0 Å². The normalized spacial score (nSPS) is 12.7. The summed E-state index contributed by atoms with van der Waals surface area (Å²) in [6.07, 6.45) is 3.13. The zero-order chi connectivity index (χ0) is 19.4. The smallest absolute Gasteiger partial charge is 0.0798 e. The Morgan fingerprint density at radius 2 is 1.78 bits per heavy atom. The summed E-state index contributed by atoms with van der Waals surface area (Å²) in [5.74, 6) is 0. The highest BCUT2D eigenvalue weighted by Crippen LogP contribution is 2.21. The second kappa shape index (κ2) is 8.47. The number of pyridine rings is 1. The fraction of sp³-hybridized carbons (Fsp3) is 0.318. The van der Waals surface area contributed by atoms with Crippen molar-refractivity contribution in [2.75, 3.05) is 34.2 Å². The fourth-order valence-electron chi connectivity index (χ4n) is 3.12. The van der Waals surface area contributed by atoms with Crippen LogP contribution in [0.4, 0.5) is 0 Å². The molecule has 0 aliphatic heterocycles. The molecule has 0 atom stereocenters. The van der Waals surface area contributed by atoms with Crippen LogP contribution in [0.15, 0.2) is 59.7 Å². The second-order valence-corrected chi connectivity index (χ2v) is 8.67. The third-order valence-corrected chi connectivity index (χ3v) is 5.13. The predicted octanol–water partition coefficient (Wildman–Crippen LogP) is 4.99. The van der Waals surface area contributed by atoms with E-state index in [0.29, 0.717) is 6.54 Å². The number of benzene rings is 2. The Hall–Kier alpha value is -1.81. The maximum atomic E-state index is 6.35. The third-order valence-electron chi connectivity index (χ3n) is 4.53. The van der Waals surface area contributed by atoms with Crippen LogP contribution in [0, 0.1) is 0 Å². The average molecular weight is 403 g/mol. The molecule has 0 fully saturated rings. The maximum Gasteiger partial charge on any atom is 0.0798 e. The van der Waals surface area contributed by atoms with Crippen LogP contribution >= 0.6 is 23.2 Å². The molecule has 5 heteroatoms. The van der Waals surface area contributed by atoms with Crippen molar-refractivity contribution in [3.8, 4) is 0 Å². The van der Waals surface area contributed by atoms with Gasteiger partial charge in [-0.3, -0.25) is 4.99 Å². The molecule has 0 radical (unpaired) electrons. The van der Waals surface area contributed by atoms with E-state index < -0.39 is 0 Å². The minimum absolute atomic E-state index is 0.693. The molecular weight excluding hydrogens is 377 g/mol. The van der Waals surface area contributed by atoms with Crippen molar-refractivity contribution in [2.24, 2.45) is 4.99 Å². The molecule has 3 aromatic rings. The minimum Gasteiger partial charge on any atom is -0.343 e. The molecule has 142 valence electrons. The highest BCUT2D eigenvalue weighted by molar-refractivity contribution is 6.31. The first kappa shape index (κ1) is 19.9. The number of halogens is 2. The summed E-state index contributed by atoms with van der Waals surface area (Å²) in [6, 6.07) is 16.0. The zero-order valence-corrected chi connectivity index (χ0v) is 17.6. The molecule has 0 bridgehead atoms. The Kier molecular flexibility index (Phi) is 6.25. The summed E-state index contributed by atoms with van der Waals surface area (Å²) in [5, 5.41) is 3.62. The number of hydrogen-bond donors (Lipinski definition) is 0. The van der Waals surface area contributed by atoms with Gasteiger partial charge in [0.25, 0.3) is 0 Å². The lowest BCUT2D eigenvalue weighted by Gasteiger charge is -2.23. The molecule has 0 amide bonds. The van der Waals surface area contributed by atoms with Gasteiger partial charge < -0.3 is 9.05 Å². The number of hydrogen-bond acceptors (Lipinski definition) is 1. The molecule has 27 heavy (non-hydrogen) atoms. The van der Waals surface area contributed by atoms with E-state index in [4.69, 9.17) is 28.2 Å². The molecule has 1 aromatic heterocycles. The fourth-order valence-corrected chi connectivity index (χ4v) is 3.48. The van der Waals surface area contributed by atoms with E-state index in [-0.39, 0.29) is 0 Å². The average Bonchev–Trinajstić information content (AvgIpc) is 2.61. The van der Waals surface area contributed by atoms with E-state index >= 15 is 0 Å². The third kappa shape index (κ3) is 5.35. The van der Waals surface area contributed by atoms with Crippen molar-refractivity contribution in [1.29, 1.82) is 0 Å². The lowest BCUT2D eigenvalue weighted by atomic mass is 10.1. The van der Waals surface area contributed by atoms with Crippen LogP contribution in [-0.2, 0) is 6.54 Å². The van der Waals surface area contributed by atoms with Crippen LogP contribution in [0.5, 0.6) is 0 Å². The van der Waals surface area contributed by atoms with Crippen LogP contribution in [0.2, 0.25) is 10.0 Å². The highest BCUT2D eigenvalue weighted by Gasteiger charge is 2.07. The zero-order valence-electron chi connectivity index (χ0n) is 16.1. The Labute approximate surface area is 171 Å². The molecule has 0 spiro atoms. The standard InChI is InChI=1S/C22H26Cl2N3/c1-27(2,3)14-6-12-25-21-11-13-26(16-17-7-4-5-8-20(17)24)22-15-18(23)9-10-19(21)22/h4-5,7-11,13,15H,6,12,14,16H2,1-3H3/q+1. The van der Waals surface area contributed by atoms with Crippen molar-refractivity contribution in [2.45, 2.75) is 13.0 Å². The van der Waals surface area contributed by atoms with Gasteiger partial charge in [0.2, 0.25) is 0 Å². The Bertz CT molecular complexity index is 1000. The lowest BCUT2D eigenvalue weighted by molar-refractivity contribution is -0.870. The topological polar surface area (TPSA) is 17.3 Å². The lowest BCUT2D eigenvalue weighted by Crippen LogP contribution is -2.35. The summed E-state index contributed by atoms with van der Waals surface area (Å²) in [6.45, 7) is 2.62. The van der Waals surface area contributed by atoms with Crippen LogP contribution < -0.4 is 5.36 Å². The molecule has 1 heterocycles. The molecule has 2 aromatic carbocycles. The summed E-state index contributed by atoms with van der Waals surface area (Å²) in [5.41, 5.74) is 2.15. The number of quaternary nitrogens is 1. The van der Waals surface area contributed by atoms with Crippen molar-refractivity contribution >= 4 is 34.1 Å². The largest absolute Gasteiger partial charge is 0.343 e. The van der Waals surface area contributed by atoms with E-state index in [9.17, 15) is 0 Å². The first-order valence-electron chi connectivity index (χ1n) is 9.16. The summed E-state index contributed by atoms with van der Waals surface area (Å²) in [4.78, 5) is 4.84. The van der Waals surface area contributed by atoms with E-state index in [1.807, 2.05) is 30.3 Å². The van der Waals surface area contributed by atoms with Crippen molar-refractivity contribution in [3.63, 3.8) is 0 Å². The van der Waals surface area contributed by atoms with Crippen LogP contribution in [0.1, 0.15) is 12.0 Å². The number of rotatable bonds is 6. The van der Waals surface area contributed by atoms with Gasteiger partial charge in [-0.25, -0.2) is 0 Å². The molecule has 3 nitrogen and oxygen atoms in total. The van der Waals surface area contributed by atoms with Gasteiger partial charge in [-0.2, -0.15) is 0 Å². The molecule has 0 saturated carbocycles. The Morgan fingerprint density at radius 1 is 1.00 bits per heavy atom. The van der Waals surface area contributed by atoms with Crippen molar-refractivity contribution < 1.29 is 4.48 Å². The van der Waals surface area contributed by atoms with Crippen LogP contribution in [0.3, 0.4) is 0 Å². The molecule has 3 rings (SSSR count). The molecule has 0 aliphatic carbocycles. The molecule has 0 N–H and O–H groups in total. The van der Waals surface area contributed by atoms with Gasteiger partial charge in [0.1, 0.15) is 0 Å². The molecular formula is C22H26Cl2N3+. The number of fused-ring (bicyclic) bond motifs is 1. The summed E-state index contributed by atoms with van der Waals surface area (Å²) in [7, 11) is 6.62. The second-order valence-electron chi connectivity index (χ2n) is 7.83. The number of nitrogens with zero attached hydrogens (tertiary/aromatic N) is 3. The summed E-state index contributed by atoms with van der Waals surface area (Å²) >= 11 is 12.6. The molecule has 0 aliphatic rings. The Morgan fingerprint density at radius 3 is 2.52 bits per heavy atom. The van der Waals surface area contributed by atoms with E-state index in [1.54, 1.807) is 0 Å². The van der Waals surface area contributed by atoms with Gasteiger partial charge in [-0.1, -0.05) is 41.4 Å². The summed E-state index contributed by atoms with van der Waals surface area (Å²) < 4.78 is 3.13. The monoisotopic (exact) mass is 402 g/mol. The predicted molar refractivity (Wildman–Crippen MR) is 115 cm³/mol. The minimum atomic E-state index is 0.693. The number of aromatic nitrogens is 1. The SMILES string of the molecule is C[N+](C)(C)CCCN=c1ccn(Cc2ccccc2Cl)c2cc(Cl)ccc12. The van der Waals surface area contributed by atoms with Gasteiger partial charge in [0.15, 0.2) is 0 Å². The quantitative estimate of drug-likeness (QED) is 0.408. The van der Waals surface area contributed by atoms with E-state index in [0.717, 1.165) is 55.9 Å². The molecule has 0 unspecified atom stereocenters. The maximum absolute atomic E-state index is 6.35. The van der Waals surface area contributed by atoms with Crippen molar-refractivity contribution in [3.05, 3.63) is 75.7 Å². The van der Waals surface area contributed by atoms with Crippen LogP contribution in [-0.4, -0.2) is 43.3 Å². The highest BCUT2D eigenvalue weighted by atomic mass is 35.5. The van der Waals surface area contributed by atoms with Gasteiger partial charge in [0.05, 0.1) is 38.6 Å². The Balaban J connectivity index is 1.96. The first-order chi connectivity index (χ1) is 12.8. The van der Waals surface area contributed by atoms with Gasteiger partial charge in [-0.05, 0) is 35.9 Å². The van der Waals surface area contributed by atoms with Gasteiger partial charge >= 0.3 is 0 Å². The first-order valence-corrected chi connectivity index (χ1v) is 9.92. The van der Waals surface area contributed by atoms with Crippen molar-refractivity contribution in [1.82, 2.24) is 4.57 Å². The molecule has 0 saturated heterocycles. The van der Waals surface area contributed by atoms with Gasteiger partial charge in [0, 0.05) is 41.1 Å². The van der Waals surface area contributed by atoms with E-state index in [1.165, 1.54) is 0 Å². The van der Waals surface area contributed by atoms with E-state index in [2.05, 4.69) is 50.1 Å². The van der Waals surface area contributed by atoms with Crippen LogP contribution in [0.25, 0.3) is 10.9 Å².